The first-order chi connectivity index (χ1) is 17.2. The quantitative estimate of drug-likeness (QED) is 0.264. The van der Waals surface area contributed by atoms with Crippen molar-refractivity contribution in [1.29, 1.82) is 0 Å². The van der Waals surface area contributed by atoms with Crippen LogP contribution >= 0.6 is 12.2 Å². The lowest BCUT2D eigenvalue weighted by Gasteiger charge is -2.34. The lowest BCUT2D eigenvalue weighted by atomic mass is 9.96. The molecule has 1 aromatic heterocycles. The molecule has 1 fully saturated rings. The number of halogens is 3. The molecule has 0 bridgehead atoms. The molecule has 4 rings (SSSR count). The third-order valence-corrected chi connectivity index (χ3v) is 6.56. The molecular weight excluding hydrogens is 495 g/mol. The van der Waals surface area contributed by atoms with Gasteiger partial charge in [-0.15, -0.1) is 0 Å². The van der Waals surface area contributed by atoms with Crippen molar-refractivity contribution in [1.82, 2.24) is 14.5 Å². The Morgan fingerprint density at radius 2 is 1.97 bits per heavy atom. The number of imidazole rings is 1. The van der Waals surface area contributed by atoms with Gasteiger partial charge in [0.25, 0.3) is 5.69 Å². The second-order valence-corrected chi connectivity index (χ2v) is 8.79. The Bertz CT molecular complexity index is 1260. The molecule has 1 N–H and O–H groups in total. The molecule has 2 heterocycles. The van der Waals surface area contributed by atoms with Gasteiger partial charge in [0.05, 0.1) is 29.4 Å². The van der Waals surface area contributed by atoms with Crippen LogP contribution in [-0.4, -0.2) is 44.7 Å². The summed E-state index contributed by atoms with van der Waals surface area (Å²) in [7, 11) is 1.42. The fourth-order valence-corrected chi connectivity index (χ4v) is 4.66. The number of nitro groups is 1. The summed E-state index contributed by atoms with van der Waals surface area (Å²) in [6, 6.07) is 9.83. The maximum Gasteiger partial charge on any atom is 0.416 e. The lowest BCUT2D eigenvalue weighted by molar-refractivity contribution is -0.384. The first kappa shape index (κ1) is 25.4. The van der Waals surface area contributed by atoms with Gasteiger partial charge in [-0.1, -0.05) is 18.2 Å². The predicted octanol–water partition coefficient (Wildman–Crippen LogP) is 5.44. The van der Waals surface area contributed by atoms with Crippen LogP contribution in [0.4, 0.5) is 24.5 Å². The van der Waals surface area contributed by atoms with Crippen molar-refractivity contribution in [3.63, 3.8) is 0 Å². The van der Waals surface area contributed by atoms with E-state index >= 15 is 0 Å². The molecule has 0 unspecified atom stereocenters. The van der Waals surface area contributed by atoms with Crippen LogP contribution in [0.5, 0.6) is 5.75 Å². The lowest BCUT2D eigenvalue weighted by Crippen LogP contribution is -2.40. The first-order valence-corrected chi connectivity index (χ1v) is 11.6. The minimum Gasteiger partial charge on any atom is -0.494 e. The van der Waals surface area contributed by atoms with Gasteiger partial charge in [0.15, 0.2) is 5.11 Å². The second kappa shape index (κ2) is 10.5. The topological polar surface area (TPSA) is 85.5 Å². The van der Waals surface area contributed by atoms with Crippen molar-refractivity contribution in [2.45, 2.75) is 31.5 Å². The molecule has 1 aliphatic rings. The van der Waals surface area contributed by atoms with E-state index in [1.54, 1.807) is 29.1 Å². The number of non-ortho nitro benzene ring substituents is 1. The minimum absolute atomic E-state index is 0.0750. The third kappa shape index (κ3) is 5.59. The minimum atomic E-state index is -4.42. The van der Waals surface area contributed by atoms with Gasteiger partial charge < -0.3 is 19.5 Å². The van der Waals surface area contributed by atoms with Crippen LogP contribution in [0, 0.1) is 10.1 Å². The van der Waals surface area contributed by atoms with Crippen LogP contribution in [0.1, 0.15) is 35.7 Å². The number of methoxy groups -OCH3 is 1. The average molecular weight is 520 g/mol. The average Bonchev–Trinajstić information content (AvgIpc) is 3.32. The number of hydrogen-bond acceptors (Lipinski definition) is 5. The van der Waals surface area contributed by atoms with Crippen LogP contribution in [0.15, 0.2) is 54.9 Å². The molecule has 2 aromatic carbocycles. The summed E-state index contributed by atoms with van der Waals surface area (Å²) in [5.74, 6) is 1.14. The monoisotopic (exact) mass is 519 g/mol. The van der Waals surface area contributed by atoms with Crippen molar-refractivity contribution < 1.29 is 22.8 Å². The summed E-state index contributed by atoms with van der Waals surface area (Å²) in [5, 5.41) is 14.6. The molecule has 36 heavy (non-hydrogen) atoms. The molecular formula is C24H24F3N5O3S. The van der Waals surface area contributed by atoms with E-state index in [0.717, 1.165) is 24.7 Å². The largest absolute Gasteiger partial charge is 0.494 e. The van der Waals surface area contributed by atoms with Crippen LogP contribution in [0.2, 0.25) is 0 Å². The van der Waals surface area contributed by atoms with Crippen LogP contribution in [-0.2, 0) is 12.7 Å². The highest BCUT2D eigenvalue weighted by Crippen LogP contribution is 2.34. The van der Waals surface area contributed by atoms with Gasteiger partial charge in [0.2, 0.25) is 0 Å². The predicted molar refractivity (Wildman–Crippen MR) is 132 cm³/mol. The van der Waals surface area contributed by atoms with Gasteiger partial charge >= 0.3 is 6.18 Å². The maximum absolute atomic E-state index is 13.4. The van der Waals surface area contributed by atoms with Crippen molar-refractivity contribution in [3.05, 3.63) is 81.9 Å². The van der Waals surface area contributed by atoms with E-state index in [4.69, 9.17) is 17.0 Å². The number of nitro benzene ring substituents is 1. The Labute approximate surface area is 210 Å². The van der Waals surface area contributed by atoms with Crippen LogP contribution in [0.25, 0.3) is 0 Å². The van der Waals surface area contributed by atoms with E-state index in [0.29, 0.717) is 29.6 Å². The molecule has 3 aromatic rings. The van der Waals surface area contributed by atoms with E-state index in [9.17, 15) is 23.3 Å². The Morgan fingerprint density at radius 1 is 1.25 bits per heavy atom. The molecule has 8 nitrogen and oxygen atoms in total. The summed E-state index contributed by atoms with van der Waals surface area (Å²) >= 11 is 5.55. The van der Waals surface area contributed by atoms with E-state index in [1.807, 2.05) is 4.90 Å². The highest BCUT2D eigenvalue weighted by Gasteiger charge is 2.33. The van der Waals surface area contributed by atoms with Gasteiger partial charge in [0, 0.05) is 44.0 Å². The molecule has 0 amide bonds. The molecule has 0 saturated carbocycles. The summed E-state index contributed by atoms with van der Waals surface area (Å²) in [6.07, 6.45) is 0.346. The number of nitrogens with zero attached hydrogens (tertiary/aromatic N) is 4. The van der Waals surface area contributed by atoms with Crippen LogP contribution < -0.4 is 10.1 Å². The van der Waals surface area contributed by atoms with Crippen molar-refractivity contribution in [2.24, 2.45) is 0 Å². The highest BCUT2D eigenvalue weighted by atomic mass is 32.1. The molecule has 0 radical (unpaired) electrons. The number of thiocarbonyl (C=S) groups is 1. The Kier molecular flexibility index (Phi) is 7.43. The zero-order valence-electron chi connectivity index (χ0n) is 19.4. The molecule has 0 spiro atoms. The summed E-state index contributed by atoms with van der Waals surface area (Å²) in [6.45, 7) is 1.33. The van der Waals surface area contributed by atoms with E-state index in [-0.39, 0.29) is 23.7 Å². The molecule has 190 valence electrons. The zero-order chi connectivity index (χ0) is 25.9. The molecule has 0 aliphatic carbocycles. The van der Waals surface area contributed by atoms with E-state index < -0.39 is 16.7 Å². The van der Waals surface area contributed by atoms with Crippen molar-refractivity contribution in [2.75, 3.05) is 25.5 Å². The normalized spacial score (nSPS) is 14.5. The number of piperidine rings is 1. The standard InChI is InChI=1S/C24H24F3N5O3S/c1-35-21-14-18(32(33)34)6-7-20(21)29-23(36)30-11-8-16(9-12-30)22-28-10-13-31(22)15-17-4-2-3-5-19(17)24(25,26)27/h2-7,10,13-14,16H,8-9,11-12,15H2,1H3,(H,29,36). The van der Waals surface area contributed by atoms with E-state index in [2.05, 4.69) is 10.3 Å². The SMILES string of the molecule is COc1cc([N+](=O)[O-])ccc1NC(=S)N1CCC(c2nccn2Cc2ccccc2C(F)(F)F)CC1. The molecule has 1 saturated heterocycles. The number of benzene rings is 2. The van der Waals surface area contributed by atoms with Crippen molar-refractivity contribution >= 4 is 28.7 Å². The summed E-state index contributed by atoms with van der Waals surface area (Å²) in [4.78, 5) is 16.9. The van der Waals surface area contributed by atoms with Gasteiger partial charge in [-0.2, -0.15) is 13.2 Å². The van der Waals surface area contributed by atoms with Crippen LogP contribution in [0.3, 0.4) is 0 Å². The van der Waals surface area contributed by atoms with Gasteiger partial charge in [-0.05, 0) is 42.8 Å². The molecule has 0 atom stereocenters. The second-order valence-electron chi connectivity index (χ2n) is 8.40. The number of hydrogen-bond donors (Lipinski definition) is 1. The number of ether oxygens (including phenoxy) is 1. The fourth-order valence-electron chi connectivity index (χ4n) is 4.36. The number of nitrogens with one attached hydrogen (secondary N) is 1. The third-order valence-electron chi connectivity index (χ3n) is 6.20. The first-order valence-electron chi connectivity index (χ1n) is 11.2. The number of anilines is 1. The highest BCUT2D eigenvalue weighted by molar-refractivity contribution is 7.80. The van der Waals surface area contributed by atoms with Crippen molar-refractivity contribution in [3.8, 4) is 5.75 Å². The smallest absolute Gasteiger partial charge is 0.416 e. The Hall–Kier alpha value is -3.67. The number of likely N-dealkylation sites (tertiary alicyclic amines) is 1. The molecule has 1 aliphatic heterocycles. The van der Waals surface area contributed by atoms with Gasteiger partial charge in [-0.3, -0.25) is 10.1 Å². The van der Waals surface area contributed by atoms with Gasteiger partial charge in [0.1, 0.15) is 11.6 Å². The zero-order valence-corrected chi connectivity index (χ0v) is 20.2. The van der Waals surface area contributed by atoms with Gasteiger partial charge in [-0.25, -0.2) is 4.98 Å². The number of aromatic nitrogens is 2. The fraction of sp³-hybridized carbons (Fsp3) is 0.333. The summed E-state index contributed by atoms with van der Waals surface area (Å²) in [5.41, 5.74) is -0.00624. The number of rotatable bonds is 6. The Balaban J connectivity index is 1.40. The summed E-state index contributed by atoms with van der Waals surface area (Å²) < 4.78 is 47.3. The molecule has 12 heteroatoms. The van der Waals surface area contributed by atoms with E-state index in [1.165, 1.54) is 31.4 Å². The Morgan fingerprint density at radius 3 is 2.64 bits per heavy atom. The maximum atomic E-state index is 13.4. The number of alkyl halides is 3.